The quantitative estimate of drug-likeness (QED) is 0.905. The van der Waals surface area contributed by atoms with Crippen LogP contribution in [0, 0.1) is 0 Å². The van der Waals surface area contributed by atoms with E-state index in [2.05, 4.69) is 5.10 Å². The molecule has 21 heavy (non-hydrogen) atoms. The Bertz CT molecular complexity index is 660. The second kappa shape index (κ2) is 5.77. The van der Waals surface area contributed by atoms with Crippen LogP contribution in [0.15, 0.2) is 29.1 Å². The van der Waals surface area contributed by atoms with Crippen LogP contribution in [-0.2, 0) is 11.8 Å². The molecule has 1 heterocycles. The van der Waals surface area contributed by atoms with E-state index in [0.29, 0.717) is 12.0 Å². The van der Waals surface area contributed by atoms with Gasteiger partial charge >= 0.3 is 0 Å². The van der Waals surface area contributed by atoms with E-state index < -0.39 is 0 Å². The van der Waals surface area contributed by atoms with Crippen molar-refractivity contribution < 1.29 is 9.84 Å². The van der Waals surface area contributed by atoms with Gasteiger partial charge in [0.15, 0.2) is 0 Å². The minimum absolute atomic E-state index is 0.0429. The number of hydrogen-bond acceptors (Lipinski definition) is 3. The number of H-pyrrole nitrogens is 1. The molecule has 5 heteroatoms. The van der Waals surface area contributed by atoms with Crippen LogP contribution in [0.25, 0.3) is 5.69 Å². The molecule has 1 aromatic carbocycles. The first-order valence-corrected chi connectivity index (χ1v) is 6.98. The molecule has 0 amide bonds. The zero-order chi connectivity index (χ0) is 15.6. The second-order valence-electron chi connectivity index (χ2n) is 6.03. The fraction of sp³-hybridized carbons (Fsp3) is 0.438. The number of aromatic nitrogens is 2. The Balaban J connectivity index is 2.56. The maximum Gasteiger partial charge on any atom is 0.274 e. The number of methoxy groups -OCH3 is 1. The summed E-state index contributed by atoms with van der Waals surface area (Å²) in [5, 5.41) is 12.4. The molecule has 0 aliphatic carbocycles. The molecule has 1 aromatic heterocycles. The third kappa shape index (κ3) is 3.03. The van der Waals surface area contributed by atoms with Crippen molar-refractivity contribution in [2.45, 2.75) is 32.6 Å². The van der Waals surface area contributed by atoms with Gasteiger partial charge in [0.2, 0.25) is 0 Å². The number of rotatable bonds is 4. The topological polar surface area (TPSA) is 67.2 Å². The van der Waals surface area contributed by atoms with E-state index in [4.69, 9.17) is 4.74 Å². The van der Waals surface area contributed by atoms with Crippen molar-refractivity contribution in [3.8, 4) is 11.4 Å². The van der Waals surface area contributed by atoms with Crippen molar-refractivity contribution in [3.63, 3.8) is 0 Å². The highest BCUT2D eigenvalue weighted by molar-refractivity contribution is 5.38. The number of nitrogens with zero attached hydrogens (tertiary/aromatic N) is 1. The molecule has 5 nitrogen and oxygen atoms in total. The minimum atomic E-state index is -0.193. The minimum Gasteiger partial charge on any atom is -0.497 e. The van der Waals surface area contributed by atoms with Gasteiger partial charge < -0.3 is 9.84 Å². The summed E-state index contributed by atoms with van der Waals surface area (Å²) in [6, 6.07) is 7.27. The van der Waals surface area contributed by atoms with Crippen LogP contribution in [0.4, 0.5) is 0 Å². The fourth-order valence-corrected chi connectivity index (χ4v) is 2.35. The monoisotopic (exact) mass is 290 g/mol. The zero-order valence-corrected chi connectivity index (χ0v) is 12.9. The van der Waals surface area contributed by atoms with Gasteiger partial charge in [-0.25, -0.2) is 4.68 Å². The Morgan fingerprint density at radius 3 is 2.33 bits per heavy atom. The van der Waals surface area contributed by atoms with Gasteiger partial charge in [-0.05, 0) is 24.3 Å². The SMILES string of the molecule is COc1ccc(-n2[nH]c(C(C)(C)C)c(CCO)c2=O)cc1. The molecule has 0 aliphatic rings. The van der Waals surface area contributed by atoms with Crippen molar-refractivity contribution >= 4 is 0 Å². The van der Waals surface area contributed by atoms with Gasteiger partial charge in [0.1, 0.15) is 5.75 Å². The molecular formula is C16H22N2O3. The molecule has 0 radical (unpaired) electrons. The molecule has 0 fully saturated rings. The summed E-state index contributed by atoms with van der Waals surface area (Å²) in [5.41, 5.74) is 1.94. The van der Waals surface area contributed by atoms with E-state index in [-0.39, 0.29) is 17.6 Å². The van der Waals surface area contributed by atoms with Crippen LogP contribution < -0.4 is 10.3 Å². The zero-order valence-electron chi connectivity index (χ0n) is 12.9. The van der Waals surface area contributed by atoms with E-state index in [0.717, 1.165) is 17.1 Å². The highest BCUT2D eigenvalue weighted by atomic mass is 16.5. The van der Waals surface area contributed by atoms with Gasteiger partial charge in [-0.3, -0.25) is 9.89 Å². The van der Waals surface area contributed by atoms with Crippen molar-refractivity contribution in [1.29, 1.82) is 0 Å². The van der Waals surface area contributed by atoms with Gasteiger partial charge in [-0.1, -0.05) is 20.8 Å². The number of ether oxygens (including phenoxy) is 1. The van der Waals surface area contributed by atoms with E-state index in [1.54, 1.807) is 7.11 Å². The number of benzene rings is 1. The first-order valence-electron chi connectivity index (χ1n) is 6.98. The largest absolute Gasteiger partial charge is 0.497 e. The molecule has 2 N–H and O–H groups in total. The predicted octanol–water partition coefficient (Wildman–Crippen LogP) is 2.01. The molecule has 2 rings (SSSR count). The maximum atomic E-state index is 12.6. The van der Waals surface area contributed by atoms with Crippen molar-refractivity contribution in [2.24, 2.45) is 0 Å². The summed E-state index contributed by atoms with van der Waals surface area (Å²) in [6.45, 7) is 6.07. The third-order valence-corrected chi connectivity index (χ3v) is 3.43. The Kier molecular flexibility index (Phi) is 4.23. The molecule has 0 saturated carbocycles. The number of nitrogens with one attached hydrogen (secondary N) is 1. The van der Waals surface area contributed by atoms with E-state index in [9.17, 15) is 9.90 Å². The lowest BCUT2D eigenvalue weighted by Gasteiger charge is -2.18. The van der Waals surface area contributed by atoms with Gasteiger partial charge in [0.05, 0.1) is 12.8 Å². The molecule has 0 saturated heterocycles. The Morgan fingerprint density at radius 2 is 1.86 bits per heavy atom. The van der Waals surface area contributed by atoms with Crippen LogP contribution in [0.1, 0.15) is 32.0 Å². The Labute approximate surface area is 124 Å². The second-order valence-corrected chi connectivity index (χ2v) is 6.03. The van der Waals surface area contributed by atoms with Crippen LogP contribution in [0.3, 0.4) is 0 Å². The summed E-state index contributed by atoms with van der Waals surface area (Å²) >= 11 is 0. The maximum absolute atomic E-state index is 12.6. The van der Waals surface area contributed by atoms with E-state index in [1.807, 2.05) is 45.0 Å². The Morgan fingerprint density at radius 1 is 1.24 bits per heavy atom. The number of aliphatic hydroxyl groups is 1. The summed E-state index contributed by atoms with van der Waals surface area (Å²) in [4.78, 5) is 12.6. The molecule has 0 spiro atoms. The standard InChI is InChI=1S/C16H22N2O3/c1-16(2,3)14-13(9-10-19)15(20)18(17-14)11-5-7-12(21-4)8-6-11/h5-8,17,19H,9-10H2,1-4H3. The first kappa shape index (κ1) is 15.4. The molecule has 0 atom stereocenters. The molecule has 0 bridgehead atoms. The lowest BCUT2D eigenvalue weighted by Crippen LogP contribution is -2.19. The normalized spacial score (nSPS) is 11.7. The predicted molar refractivity (Wildman–Crippen MR) is 82.4 cm³/mol. The molecule has 114 valence electrons. The summed E-state index contributed by atoms with van der Waals surface area (Å²) in [6.07, 6.45) is 0.352. The first-order chi connectivity index (χ1) is 9.88. The van der Waals surface area contributed by atoms with Crippen LogP contribution in [0.2, 0.25) is 0 Å². The number of aliphatic hydroxyl groups excluding tert-OH is 1. The van der Waals surface area contributed by atoms with Crippen LogP contribution >= 0.6 is 0 Å². The van der Waals surface area contributed by atoms with Crippen LogP contribution in [-0.4, -0.2) is 28.6 Å². The molecule has 0 unspecified atom stereocenters. The number of hydrogen-bond donors (Lipinski definition) is 2. The molecular weight excluding hydrogens is 268 g/mol. The summed E-state index contributed by atoms with van der Waals surface area (Å²) in [5.74, 6) is 0.741. The average Bonchev–Trinajstić information content (AvgIpc) is 2.77. The highest BCUT2D eigenvalue weighted by Gasteiger charge is 2.24. The lowest BCUT2D eigenvalue weighted by atomic mass is 9.89. The van der Waals surface area contributed by atoms with Gasteiger partial charge in [0, 0.05) is 29.7 Å². The highest BCUT2D eigenvalue weighted by Crippen LogP contribution is 2.23. The Hall–Kier alpha value is -2.01. The summed E-state index contributed by atoms with van der Waals surface area (Å²) < 4.78 is 6.65. The summed E-state index contributed by atoms with van der Waals surface area (Å²) in [7, 11) is 1.60. The average molecular weight is 290 g/mol. The number of aromatic amines is 1. The molecule has 0 aliphatic heterocycles. The molecule has 2 aromatic rings. The smallest absolute Gasteiger partial charge is 0.274 e. The van der Waals surface area contributed by atoms with E-state index >= 15 is 0 Å². The van der Waals surface area contributed by atoms with E-state index in [1.165, 1.54) is 4.68 Å². The van der Waals surface area contributed by atoms with Gasteiger partial charge in [0.25, 0.3) is 5.56 Å². The van der Waals surface area contributed by atoms with Crippen molar-refractivity contribution in [2.75, 3.05) is 13.7 Å². The lowest BCUT2D eigenvalue weighted by molar-refractivity contribution is 0.298. The van der Waals surface area contributed by atoms with Crippen molar-refractivity contribution in [3.05, 3.63) is 45.9 Å². The fourth-order valence-electron chi connectivity index (χ4n) is 2.35. The third-order valence-electron chi connectivity index (χ3n) is 3.43. The van der Waals surface area contributed by atoms with Gasteiger partial charge in [-0.15, -0.1) is 0 Å². The van der Waals surface area contributed by atoms with Crippen molar-refractivity contribution in [1.82, 2.24) is 9.78 Å². The van der Waals surface area contributed by atoms with Crippen LogP contribution in [0.5, 0.6) is 5.75 Å². The van der Waals surface area contributed by atoms with Gasteiger partial charge in [-0.2, -0.15) is 0 Å².